The van der Waals surface area contributed by atoms with Gasteiger partial charge < -0.3 is 9.64 Å². The van der Waals surface area contributed by atoms with Gasteiger partial charge in [0.05, 0.1) is 6.20 Å². The van der Waals surface area contributed by atoms with E-state index in [2.05, 4.69) is 19.9 Å². The van der Waals surface area contributed by atoms with E-state index in [1.165, 1.54) is 0 Å². The number of hydrogen-bond donors (Lipinski definition) is 1. The Balaban J connectivity index is 1.50. The Kier molecular flexibility index (Phi) is 4.88. The highest BCUT2D eigenvalue weighted by Crippen LogP contribution is 2.26. The van der Waals surface area contributed by atoms with Crippen LogP contribution < -0.4 is 4.98 Å². The number of carbonyl (C=O) groups is 1. The molecule has 1 aliphatic heterocycles. The molecule has 0 spiro atoms. The first-order valence-corrected chi connectivity index (χ1v) is 8.79. The Morgan fingerprint density at radius 2 is 2.24 bits per heavy atom. The summed E-state index contributed by atoms with van der Waals surface area (Å²) in [6, 6.07) is 0. The van der Waals surface area contributed by atoms with E-state index in [1.54, 1.807) is 18.3 Å². The fraction of sp³-hybridized carbons (Fsp3) is 0.588. The topological polar surface area (TPSA) is 75.6 Å². The summed E-state index contributed by atoms with van der Waals surface area (Å²) in [7, 11) is 1.79. The molecule has 0 atom stereocenters. The first-order valence-electron chi connectivity index (χ1n) is 8.41. The summed E-state index contributed by atoms with van der Waals surface area (Å²) in [5.74, 6) is 0.461. The van der Waals surface area contributed by atoms with Crippen LogP contribution in [0.15, 0.2) is 12.5 Å². The van der Waals surface area contributed by atoms with Gasteiger partial charge in [0.2, 0.25) is 17.1 Å². The maximum Gasteiger partial charge on any atom is 0.410 e. The molecule has 7 nitrogen and oxygen atoms in total. The zero-order valence-electron chi connectivity index (χ0n) is 15.1. The lowest BCUT2D eigenvalue weighted by Crippen LogP contribution is -2.51. The van der Waals surface area contributed by atoms with Crippen LogP contribution >= 0.6 is 11.6 Å². The SMILES string of the molecule is CN(CC1CN(Cc2c[nH]c3[nH+]cnc(Cl)c23)C1)C(=O)OC(C)(C)C. The van der Waals surface area contributed by atoms with Gasteiger partial charge in [0.25, 0.3) is 0 Å². The highest BCUT2D eigenvalue weighted by Gasteiger charge is 2.31. The number of likely N-dealkylation sites (tertiary alicyclic amines) is 1. The third-order valence-corrected chi connectivity index (χ3v) is 4.51. The number of aromatic nitrogens is 3. The second-order valence-electron chi connectivity index (χ2n) is 7.68. The number of hydrogen-bond acceptors (Lipinski definition) is 4. The minimum absolute atomic E-state index is 0.268. The molecule has 2 aromatic rings. The fourth-order valence-corrected chi connectivity index (χ4v) is 3.39. The Hall–Kier alpha value is -1.86. The molecule has 2 aromatic heterocycles. The number of nitrogens with zero attached hydrogens (tertiary/aromatic N) is 3. The van der Waals surface area contributed by atoms with Gasteiger partial charge in [0.15, 0.2) is 0 Å². The summed E-state index contributed by atoms with van der Waals surface area (Å²) in [5.41, 5.74) is 1.55. The Morgan fingerprint density at radius 3 is 2.92 bits per heavy atom. The highest BCUT2D eigenvalue weighted by molar-refractivity contribution is 6.34. The zero-order chi connectivity index (χ0) is 18.2. The van der Waals surface area contributed by atoms with Crippen molar-refractivity contribution in [2.24, 2.45) is 5.92 Å². The minimum atomic E-state index is -0.462. The number of amides is 1. The van der Waals surface area contributed by atoms with Crippen molar-refractivity contribution in [2.45, 2.75) is 32.9 Å². The lowest BCUT2D eigenvalue weighted by molar-refractivity contribution is -0.352. The molecule has 3 heterocycles. The summed E-state index contributed by atoms with van der Waals surface area (Å²) in [5, 5.41) is 1.45. The molecule has 0 unspecified atom stereocenters. The van der Waals surface area contributed by atoms with E-state index in [-0.39, 0.29) is 6.09 Å². The average Bonchev–Trinajstić information content (AvgIpc) is 2.87. The van der Waals surface area contributed by atoms with Crippen LogP contribution in [0.3, 0.4) is 0 Å². The maximum absolute atomic E-state index is 12.0. The summed E-state index contributed by atoms with van der Waals surface area (Å²) >= 11 is 6.21. The number of H-pyrrole nitrogens is 2. The van der Waals surface area contributed by atoms with Crippen molar-refractivity contribution in [3.8, 4) is 0 Å². The van der Waals surface area contributed by atoms with Crippen LogP contribution in [0.5, 0.6) is 0 Å². The molecule has 0 aliphatic carbocycles. The number of ether oxygens (including phenoxy) is 1. The van der Waals surface area contributed by atoms with Crippen LogP contribution in [-0.4, -0.2) is 58.1 Å². The lowest BCUT2D eigenvalue weighted by Gasteiger charge is -2.41. The molecular formula is C17H25ClN5O2+. The van der Waals surface area contributed by atoms with E-state index in [4.69, 9.17) is 16.3 Å². The molecular weight excluding hydrogens is 342 g/mol. The van der Waals surface area contributed by atoms with E-state index < -0.39 is 5.60 Å². The van der Waals surface area contributed by atoms with Crippen molar-refractivity contribution >= 4 is 28.7 Å². The van der Waals surface area contributed by atoms with Gasteiger partial charge in [-0.1, -0.05) is 4.98 Å². The van der Waals surface area contributed by atoms with Crippen molar-refractivity contribution in [2.75, 3.05) is 26.7 Å². The van der Waals surface area contributed by atoms with Crippen LogP contribution in [0.2, 0.25) is 5.15 Å². The Morgan fingerprint density at radius 1 is 1.52 bits per heavy atom. The Labute approximate surface area is 152 Å². The van der Waals surface area contributed by atoms with Crippen molar-refractivity contribution < 1.29 is 14.5 Å². The largest absolute Gasteiger partial charge is 0.444 e. The lowest BCUT2D eigenvalue weighted by atomic mass is 9.99. The third-order valence-electron chi connectivity index (χ3n) is 4.22. The van der Waals surface area contributed by atoms with E-state index in [0.717, 1.165) is 36.2 Å². The summed E-state index contributed by atoms with van der Waals surface area (Å²) < 4.78 is 5.39. The summed E-state index contributed by atoms with van der Waals surface area (Å²) in [4.78, 5) is 26.4. The van der Waals surface area contributed by atoms with Gasteiger partial charge in [-0.3, -0.25) is 9.88 Å². The molecule has 0 radical (unpaired) electrons. The van der Waals surface area contributed by atoms with E-state index in [1.807, 2.05) is 27.0 Å². The first-order chi connectivity index (χ1) is 11.7. The number of carbonyl (C=O) groups excluding carboxylic acids is 1. The van der Waals surface area contributed by atoms with E-state index in [0.29, 0.717) is 17.6 Å². The number of rotatable bonds is 4. The van der Waals surface area contributed by atoms with Crippen LogP contribution in [0, 0.1) is 5.92 Å². The molecule has 1 amide bonds. The smallest absolute Gasteiger partial charge is 0.410 e. The molecule has 3 rings (SSSR count). The second kappa shape index (κ2) is 6.80. The van der Waals surface area contributed by atoms with Gasteiger partial charge in [-0.2, -0.15) is 0 Å². The van der Waals surface area contributed by atoms with E-state index in [9.17, 15) is 4.79 Å². The molecule has 1 fully saturated rings. The molecule has 0 saturated carbocycles. The van der Waals surface area contributed by atoms with Crippen molar-refractivity contribution in [3.05, 3.63) is 23.2 Å². The second-order valence-corrected chi connectivity index (χ2v) is 8.04. The Bertz CT molecular complexity index is 764. The molecule has 2 N–H and O–H groups in total. The van der Waals surface area contributed by atoms with Crippen LogP contribution in [-0.2, 0) is 11.3 Å². The normalized spacial score (nSPS) is 16.0. The third kappa shape index (κ3) is 4.22. The highest BCUT2D eigenvalue weighted by atomic mass is 35.5. The number of aromatic amines is 2. The summed E-state index contributed by atoms with van der Waals surface area (Å²) in [6.07, 6.45) is 3.28. The number of fused-ring (bicyclic) bond motifs is 1. The standard InChI is InChI=1S/C17H24ClN5O2/c1-17(2,3)25-16(24)22(4)6-11-7-23(8-11)9-12-5-19-15-13(12)14(18)20-10-21-15/h5,10-11H,6-9H2,1-4H3,(H,19,20,21)/p+1. The van der Waals surface area contributed by atoms with Gasteiger partial charge in [0, 0.05) is 44.7 Å². The quantitative estimate of drug-likeness (QED) is 0.842. The fourth-order valence-electron chi connectivity index (χ4n) is 3.12. The molecule has 0 aromatic carbocycles. The van der Waals surface area contributed by atoms with Crippen LogP contribution in [0.25, 0.3) is 11.0 Å². The minimum Gasteiger partial charge on any atom is -0.444 e. The van der Waals surface area contributed by atoms with Gasteiger partial charge in [0.1, 0.15) is 11.0 Å². The molecule has 8 heteroatoms. The molecule has 25 heavy (non-hydrogen) atoms. The predicted octanol–water partition coefficient (Wildman–Crippen LogP) is 2.33. The van der Waals surface area contributed by atoms with Gasteiger partial charge in [-0.05, 0) is 32.4 Å². The molecule has 136 valence electrons. The monoisotopic (exact) mass is 366 g/mol. The summed E-state index contributed by atoms with van der Waals surface area (Å²) in [6.45, 7) is 9.04. The van der Waals surface area contributed by atoms with Crippen molar-refractivity contribution in [3.63, 3.8) is 0 Å². The van der Waals surface area contributed by atoms with Crippen LogP contribution in [0.1, 0.15) is 26.3 Å². The van der Waals surface area contributed by atoms with Crippen molar-refractivity contribution in [1.82, 2.24) is 19.8 Å². The van der Waals surface area contributed by atoms with Gasteiger partial charge in [-0.15, -0.1) is 0 Å². The van der Waals surface area contributed by atoms with E-state index >= 15 is 0 Å². The predicted molar refractivity (Wildman–Crippen MR) is 95.3 cm³/mol. The number of halogens is 1. The van der Waals surface area contributed by atoms with Gasteiger partial charge in [-0.25, -0.2) is 9.78 Å². The van der Waals surface area contributed by atoms with Crippen molar-refractivity contribution in [1.29, 1.82) is 0 Å². The zero-order valence-corrected chi connectivity index (χ0v) is 15.9. The van der Waals surface area contributed by atoms with Gasteiger partial charge >= 0.3 is 6.09 Å². The molecule has 1 aliphatic rings. The average molecular weight is 367 g/mol. The first kappa shape index (κ1) is 17.9. The van der Waals surface area contributed by atoms with Crippen LogP contribution in [0.4, 0.5) is 4.79 Å². The maximum atomic E-state index is 12.0. The molecule has 0 bridgehead atoms. The molecule has 1 saturated heterocycles. The number of nitrogens with one attached hydrogen (secondary N) is 2.